The van der Waals surface area contributed by atoms with Gasteiger partial charge >= 0.3 is 0 Å². The van der Waals surface area contributed by atoms with Crippen molar-refractivity contribution in [2.75, 3.05) is 0 Å². The average Bonchev–Trinajstić information content (AvgIpc) is 3.66. The van der Waals surface area contributed by atoms with Crippen LogP contribution in [0.5, 0.6) is 0 Å². The van der Waals surface area contributed by atoms with E-state index in [0.717, 1.165) is 27.4 Å². The lowest BCUT2D eigenvalue weighted by atomic mass is 9.59. The molecular formula is C28H28FN5O3S2. The number of allylic oxidation sites excluding steroid dienone is 1. The molecule has 0 saturated heterocycles. The lowest BCUT2D eigenvalue weighted by molar-refractivity contribution is 0.0759. The summed E-state index contributed by atoms with van der Waals surface area (Å²) in [4.78, 5) is 19.8. The van der Waals surface area contributed by atoms with E-state index in [1.165, 1.54) is 40.5 Å². The first-order chi connectivity index (χ1) is 18.6. The van der Waals surface area contributed by atoms with Crippen molar-refractivity contribution in [3.63, 3.8) is 0 Å². The second-order valence-corrected chi connectivity index (χ2v) is 14.1. The standard InChI is InChI=1S/C28H28FN5O3S2/c1-17-13-30-27(38-17)26(35)28-11-19(18(2)39(36,37)24-15-31-33(3)16-24)4-5-21(28)10-25-20(12-28)14-32-34(25)23-8-6-22(29)7-9-23/h6-10,13-16,18-19H,4-5,11-12H2,1-3H3/t18-,19+,28-/m1/s1. The molecule has 1 aromatic carbocycles. The number of aromatic nitrogens is 5. The Kier molecular flexibility index (Phi) is 6.18. The van der Waals surface area contributed by atoms with Gasteiger partial charge in [0.05, 0.1) is 34.4 Å². The maximum atomic E-state index is 14.3. The third kappa shape index (κ3) is 4.28. The third-order valence-electron chi connectivity index (χ3n) is 8.18. The summed E-state index contributed by atoms with van der Waals surface area (Å²) >= 11 is 1.37. The minimum absolute atomic E-state index is 0.0669. The van der Waals surface area contributed by atoms with Gasteiger partial charge in [0.15, 0.2) is 14.8 Å². The molecule has 0 radical (unpaired) electrons. The molecule has 39 heavy (non-hydrogen) atoms. The van der Waals surface area contributed by atoms with Crippen molar-refractivity contribution >= 4 is 33.0 Å². The molecule has 2 aliphatic rings. The number of rotatable bonds is 6. The van der Waals surface area contributed by atoms with Gasteiger partial charge in [-0.3, -0.25) is 9.48 Å². The SMILES string of the molecule is Cc1cnc(C(=O)[C@]23Cc4cnn(-c5ccc(F)cc5)c4C=C2CC[C@H]([C@@H](C)S(=O)(=O)c2cnn(C)c2)C3)s1. The molecular weight excluding hydrogens is 537 g/mol. The first-order valence-corrected chi connectivity index (χ1v) is 15.2. The highest BCUT2D eigenvalue weighted by Gasteiger charge is 2.52. The molecule has 3 atom stereocenters. The number of carbonyl (C=O) groups excluding carboxylic acids is 1. The Morgan fingerprint density at radius 2 is 1.95 bits per heavy atom. The Bertz CT molecular complexity index is 1720. The Labute approximate surface area is 230 Å². The summed E-state index contributed by atoms with van der Waals surface area (Å²) < 4.78 is 43.9. The number of nitrogens with zero attached hydrogens (tertiary/aromatic N) is 5. The van der Waals surface area contributed by atoms with E-state index < -0.39 is 20.5 Å². The number of benzene rings is 1. The van der Waals surface area contributed by atoms with Gasteiger partial charge in [-0.1, -0.05) is 5.57 Å². The van der Waals surface area contributed by atoms with E-state index in [4.69, 9.17) is 0 Å². The van der Waals surface area contributed by atoms with E-state index in [0.29, 0.717) is 30.7 Å². The summed E-state index contributed by atoms with van der Waals surface area (Å²) in [5.41, 5.74) is 2.56. The molecule has 2 aliphatic carbocycles. The highest BCUT2D eigenvalue weighted by Crippen LogP contribution is 2.53. The van der Waals surface area contributed by atoms with Crippen LogP contribution < -0.4 is 0 Å². The fourth-order valence-electron chi connectivity index (χ4n) is 6.01. The summed E-state index contributed by atoms with van der Waals surface area (Å²) in [7, 11) is -1.95. The van der Waals surface area contributed by atoms with Crippen LogP contribution in [0.25, 0.3) is 11.8 Å². The van der Waals surface area contributed by atoms with E-state index in [-0.39, 0.29) is 22.4 Å². The van der Waals surface area contributed by atoms with Crippen LogP contribution in [0.15, 0.2) is 59.5 Å². The number of aryl methyl sites for hydroxylation is 2. The maximum absolute atomic E-state index is 14.3. The zero-order chi connectivity index (χ0) is 27.5. The normalized spacial score (nSPS) is 21.6. The highest BCUT2D eigenvalue weighted by molar-refractivity contribution is 7.92. The molecule has 6 rings (SSSR count). The summed E-state index contributed by atoms with van der Waals surface area (Å²) in [6.07, 6.45) is 10.4. The summed E-state index contributed by atoms with van der Waals surface area (Å²) in [6.45, 7) is 3.66. The minimum atomic E-state index is -3.64. The largest absolute Gasteiger partial charge is 0.290 e. The van der Waals surface area contributed by atoms with Crippen molar-refractivity contribution in [2.24, 2.45) is 18.4 Å². The van der Waals surface area contributed by atoms with E-state index in [9.17, 15) is 17.6 Å². The molecule has 11 heteroatoms. The molecule has 1 fully saturated rings. The predicted molar refractivity (Wildman–Crippen MR) is 146 cm³/mol. The van der Waals surface area contributed by atoms with Gasteiger partial charge in [-0.2, -0.15) is 10.2 Å². The number of Topliss-reactive ketones (excluding diaryl/α,β-unsaturated/α-hetero) is 1. The van der Waals surface area contributed by atoms with Crippen LogP contribution in [0, 0.1) is 24.1 Å². The van der Waals surface area contributed by atoms with Gasteiger partial charge < -0.3 is 0 Å². The average molecular weight is 566 g/mol. The van der Waals surface area contributed by atoms with Crippen LogP contribution in [0.2, 0.25) is 0 Å². The van der Waals surface area contributed by atoms with Crippen LogP contribution in [-0.2, 0) is 23.3 Å². The van der Waals surface area contributed by atoms with Crippen molar-refractivity contribution in [1.29, 1.82) is 0 Å². The molecule has 0 aliphatic heterocycles. The summed E-state index contributed by atoms with van der Waals surface area (Å²) in [6, 6.07) is 6.14. The first kappa shape index (κ1) is 25.8. The molecule has 202 valence electrons. The number of hydrogen-bond donors (Lipinski definition) is 0. The van der Waals surface area contributed by atoms with Crippen LogP contribution in [0.4, 0.5) is 4.39 Å². The van der Waals surface area contributed by atoms with E-state index in [1.54, 1.807) is 43.2 Å². The lowest BCUT2D eigenvalue weighted by Crippen LogP contribution is -2.45. The fraction of sp³-hybridized carbons (Fsp3) is 0.357. The van der Waals surface area contributed by atoms with Crippen molar-refractivity contribution in [3.05, 3.63) is 81.6 Å². The van der Waals surface area contributed by atoms with Gasteiger partial charge in [0.2, 0.25) is 5.78 Å². The van der Waals surface area contributed by atoms with Gasteiger partial charge in [-0.25, -0.2) is 22.5 Å². The number of halogens is 1. The summed E-state index contributed by atoms with van der Waals surface area (Å²) in [5.74, 6) is -0.621. The van der Waals surface area contributed by atoms with Crippen molar-refractivity contribution in [2.45, 2.75) is 49.7 Å². The van der Waals surface area contributed by atoms with Crippen LogP contribution >= 0.6 is 11.3 Å². The number of sulfone groups is 1. The Hall–Kier alpha value is -3.44. The Morgan fingerprint density at radius 1 is 1.18 bits per heavy atom. The second kappa shape index (κ2) is 9.34. The van der Waals surface area contributed by atoms with Gasteiger partial charge in [0.25, 0.3) is 0 Å². The summed E-state index contributed by atoms with van der Waals surface area (Å²) in [5, 5.41) is 8.39. The van der Waals surface area contributed by atoms with Gasteiger partial charge in [0, 0.05) is 24.3 Å². The number of carbonyl (C=O) groups is 1. The van der Waals surface area contributed by atoms with Crippen LogP contribution in [0.1, 0.15) is 52.1 Å². The molecule has 0 N–H and O–H groups in total. The van der Waals surface area contributed by atoms with Crippen molar-refractivity contribution < 1.29 is 17.6 Å². The quantitative estimate of drug-likeness (QED) is 0.306. The Morgan fingerprint density at radius 3 is 2.62 bits per heavy atom. The minimum Gasteiger partial charge on any atom is -0.290 e. The van der Waals surface area contributed by atoms with Crippen molar-refractivity contribution in [1.82, 2.24) is 24.5 Å². The lowest BCUT2D eigenvalue weighted by Gasteiger charge is -2.45. The predicted octanol–water partition coefficient (Wildman–Crippen LogP) is 4.98. The van der Waals surface area contributed by atoms with Crippen molar-refractivity contribution in [3.8, 4) is 5.69 Å². The number of ketones is 1. The molecule has 1 saturated carbocycles. The third-order valence-corrected chi connectivity index (χ3v) is 11.3. The molecule has 4 aromatic rings. The molecule has 3 heterocycles. The van der Waals surface area contributed by atoms with E-state index in [2.05, 4.69) is 15.2 Å². The smallest absolute Gasteiger partial charge is 0.201 e. The fourth-order valence-corrected chi connectivity index (χ4v) is 8.48. The van der Waals surface area contributed by atoms with Crippen LogP contribution in [0.3, 0.4) is 0 Å². The van der Waals surface area contributed by atoms with Crippen LogP contribution in [-0.4, -0.2) is 44.0 Å². The monoisotopic (exact) mass is 565 g/mol. The van der Waals surface area contributed by atoms with Gasteiger partial charge in [-0.05, 0) is 81.4 Å². The topological polar surface area (TPSA) is 99.7 Å². The number of hydrogen-bond acceptors (Lipinski definition) is 7. The highest BCUT2D eigenvalue weighted by atomic mass is 32.2. The van der Waals surface area contributed by atoms with Gasteiger partial charge in [-0.15, -0.1) is 11.3 Å². The molecule has 3 aromatic heterocycles. The molecule has 0 unspecified atom stereocenters. The zero-order valence-electron chi connectivity index (χ0n) is 21.8. The Balaban J connectivity index is 1.41. The maximum Gasteiger partial charge on any atom is 0.201 e. The molecule has 8 nitrogen and oxygen atoms in total. The van der Waals surface area contributed by atoms with E-state index >= 15 is 0 Å². The number of thiazole rings is 1. The number of fused-ring (bicyclic) bond motifs is 2. The van der Waals surface area contributed by atoms with Gasteiger partial charge in [0.1, 0.15) is 10.7 Å². The first-order valence-electron chi connectivity index (χ1n) is 12.8. The zero-order valence-corrected chi connectivity index (χ0v) is 23.5. The second-order valence-electron chi connectivity index (χ2n) is 10.6. The molecule has 0 amide bonds. The molecule has 0 spiro atoms. The van der Waals surface area contributed by atoms with E-state index in [1.807, 2.05) is 13.0 Å². The molecule has 0 bridgehead atoms.